The van der Waals surface area contributed by atoms with Crippen LogP contribution in [0.5, 0.6) is 0 Å². The molecule has 2 heteroatoms. The van der Waals surface area contributed by atoms with E-state index in [9.17, 15) is 0 Å². The van der Waals surface area contributed by atoms with Crippen molar-refractivity contribution in [2.45, 2.75) is 26.4 Å². The van der Waals surface area contributed by atoms with Gasteiger partial charge >= 0.3 is 0 Å². The van der Waals surface area contributed by atoms with Crippen molar-refractivity contribution in [1.82, 2.24) is 0 Å². The molecule has 0 bridgehead atoms. The molecule has 0 radical (unpaired) electrons. The lowest BCUT2D eigenvalue weighted by atomic mass is 9.95. The van der Waals surface area contributed by atoms with E-state index >= 15 is 0 Å². The van der Waals surface area contributed by atoms with Crippen LogP contribution in [0.2, 0.25) is 0 Å². The van der Waals surface area contributed by atoms with Gasteiger partial charge in [-0.25, -0.2) is 0 Å². The minimum absolute atomic E-state index is 0.000000000000000222. The summed E-state index contributed by atoms with van der Waals surface area (Å²) < 4.78 is 5.30. The first kappa shape index (κ1) is 9.44. The van der Waals surface area contributed by atoms with Gasteiger partial charge in [0.05, 0.1) is 5.60 Å². The van der Waals surface area contributed by atoms with Gasteiger partial charge in [0.1, 0.15) is 0 Å². The Morgan fingerprint density at radius 2 is 2.00 bits per heavy atom. The maximum atomic E-state index is 5.30. The van der Waals surface area contributed by atoms with Gasteiger partial charge in [-0.3, -0.25) is 0 Å². The third-order valence-corrected chi connectivity index (χ3v) is 3.07. The molecule has 1 atom stereocenters. The van der Waals surface area contributed by atoms with Gasteiger partial charge in [-0.05, 0) is 12.8 Å². The van der Waals surface area contributed by atoms with Crippen LogP contribution in [0.3, 0.4) is 0 Å². The van der Waals surface area contributed by atoms with Crippen LogP contribution >= 0.6 is 15.9 Å². The van der Waals surface area contributed by atoms with Crippen molar-refractivity contribution in [2.75, 3.05) is 12.4 Å². The molecule has 9 heavy (non-hydrogen) atoms. The Morgan fingerprint density at radius 1 is 1.56 bits per heavy atom. The Balaban J connectivity index is 3.92. The second kappa shape index (κ2) is 3.57. The van der Waals surface area contributed by atoms with Crippen LogP contribution in [-0.2, 0) is 4.74 Å². The van der Waals surface area contributed by atoms with Crippen LogP contribution in [0.15, 0.2) is 0 Å². The lowest BCUT2D eigenvalue weighted by Gasteiger charge is -2.29. The predicted octanol–water partition coefficient (Wildman–Crippen LogP) is 2.44. The molecule has 0 rings (SSSR count). The zero-order chi connectivity index (χ0) is 7.49. The Kier molecular flexibility index (Phi) is 3.74. The summed E-state index contributed by atoms with van der Waals surface area (Å²) in [5.41, 5.74) is 0.000000000000000222. The van der Waals surface area contributed by atoms with Crippen molar-refractivity contribution in [1.29, 1.82) is 0 Å². The fourth-order valence-corrected chi connectivity index (χ4v) is 1.32. The second-order valence-electron chi connectivity index (χ2n) is 2.81. The van der Waals surface area contributed by atoms with E-state index in [0.29, 0.717) is 5.92 Å². The van der Waals surface area contributed by atoms with E-state index in [2.05, 4.69) is 36.7 Å². The monoisotopic (exact) mass is 194 g/mol. The van der Waals surface area contributed by atoms with Gasteiger partial charge in [0.15, 0.2) is 0 Å². The Morgan fingerprint density at radius 3 is 2.00 bits per heavy atom. The highest BCUT2D eigenvalue weighted by Crippen LogP contribution is 2.22. The normalized spacial score (nSPS) is 18.0. The fraction of sp³-hybridized carbons (Fsp3) is 1.00. The number of hydrogen-bond donors (Lipinski definition) is 0. The summed E-state index contributed by atoms with van der Waals surface area (Å²) in [6, 6.07) is 0. The molecule has 1 nitrogen and oxygen atoms in total. The molecular formula is C7H15BrO. The van der Waals surface area contributed by atoms with Crippen LogP contribution in [0.25, 0.3) is 0 Å². The molecule has 0 aliphatic carbocycles. The van der Waals surface area contributed by atoms with E-state index in [-0.39, 0.29) is 5.60 Å². The van der Waals surface area contributed by atoms with Gasteiger partial charge < -0.3 is 4.74 Å². The lowest BCUT2D eigenvalue weighted by Crippen LogP contribution is -2.35. The zero-order valence-electron chi connectivity index (χ0n) is 6.57. The molecule has 0 saturated heterocycles. The van der Waals surface area contributed by atoms with E-state index in [4.69, 9.17) is 4.74 Å². The molecular weight excluding hydrogens is 180 g/mol. The lowest BCUT2D eigenvalue weighted by molar-refractivity contribution is -0.0103. The molecule has 0 fully saturated rings. The van der Waals surface area contributed by atoms with Gasteiger partial charge in [0.25, 0.3) is 0 Å². The fourth-order valence-electron chi connectivity index (χ4n) is 0.445. The highest BCUT2D eigenvalue weighted by atomic mass is 79.9. The first-order valence-corrected chi connectivity index (χ1v) is 4.30. The second-order valence-corrected chi connectivity index (χ2v) is 3.37. The third-order valence-electron chi connectivity index (χ3n) is 1.95. The molecule has 0 amide bonds. The maximum absolute atomic E-state index is 5.30. The largest absolute Gasteiger partial charge is 0.377 e. The number of halogens is 1. The molecule has 0 aliphatic rings. The first-order chi connectivity index (χ1) is 4.06. The SMILES string of the molecule is COC(C)(CBr)C(C)C. The molecule has 0 saturated carbocycles. The summed E-state index contributed by atoms with van der Waals surface area (Å²) >= 11 is 3.41. The number of rotatable bonds is 3. The smallest absolute Gasteiger partial charge is 0.0769 e. The zero-order valence-corrected chi connectivity index (χ0v) is 8.16. The van der Waals surface area contributed by atoms with Crippen molar-refractivity contribution in [3.05, 3.63) is 0 Å². The van der Waals surface area contributed by atoms with E-state index in [1.165, 1.54) is 0 Å². The number of methoxy groups -OCH3 is 1. The summed E-state index contributed by atoms with van der Waals surface area (Å²) in [7, 11) is 1.75. The predicted molar refractivity (Wildman–Crippen MR) is 44.0 cm³/mol. The van der Waals surface area contributed by atoms with Crippen molar-refractivity contribution in [3.8, 4) is 0 Å². The summed E-state index contributed by atoms with van der Waals surface area (Å²) in [6.07, 6.45) is 0. The Labute approximate surface area is 65.9 Å². The summed E-state index contributed by atoms with van der Waals surface area (Å²) in [4.78, 5) is 0. The highest BCUT2D eigenvalue weighted by Gasteiger charge is 2.25. The van der Waals surface area contributed by atoms with Gasteiger partial charge in [-0.15, -0.1) is 0 Å². The van der Waals surface area contributed by atoms with E-state index in [1.807, 2.05) is 0 Å². The first-order valence-electron chi connectivity index (χ1n) is 3.18. The topological polar surface area (TPSA) is 9.23 Å². The summed E-state index contributed by atoms with van der Waals surface area (Å²) in [6.45, 7) is 6.42. The van der Waals surface area contributed by atoms with Gasteiger partial charge in [0, 0.05) is 12.4 Å². The molecule has 0 heterocycles. The molecule has 56 valence electrons. The van der Waals surface area contributed by atoms with Crippen molar-refractivity contribution in [3.63, 3.8) is 0 Å². The molecule has 0 aromatic carbocycles. The van der Waals surface area contributed by atoms with Crippen molar-refractivity contribution >= 4 is 15.9 Å². The Hall–Kier alpha value is 0.440. The minimum Gasteiger partial charge on any atom is -0.377 e. The maximum Gasteiger partial charge on any atom is 0.0769 e. The van der Waals surface area contributed by atoms with Gasteiger partial charge in [-0.2, -0.15) is 0 Å². The van der Waals surface area contributed by atoms with Crippen molar-refractivity contribution < 1.29 is 4.74 Å². The van der Waals surface area contributed by atoms with Crippen LogP contribution in [0.4, 0.5) is 0 Å². The molecule has 0 spiro atoms. The standard InChI is InChI=1S/C7H15BrO/c1-6(2)7(3,5-8)9-4/h6H,5H2,1-4H3. The molecule has 0 aliphatic heterocycles. The third kappa shape index (κ3) is 2.26. The van der Waals surface area contributed by atoms with E-state index in [1.54, 1.807) is 7.11 Å². The van der Waals surface area contributed by atoms with Crippen LogP contribution in [0.1, 0.15) is 20.8 Å². The quantitative estimate of drug-likeness (QED) is 0.628. The highest BCUT2D eigenvalue weighted by molar-refractivity contribution is 9.09. The number of hydrogen-bond acceptors (Lipinski definition) is 1. The Bertz CT molecular complexity index is 77.0. The van der Waals surface area contributed by atoms with Gasteiger partial charge in [-0.1, -0.05) is 29.8 Å². The van der Waals surface area contributed by atoms with Crippen LogP contribution in [-0.4, -0.2) is 18.0 Å². The van der Waals surface area contributed by atoms with Crippen LogP contribution in [0, 0.1) is 5.92 Å². The molecule has 0 aromatic heterocycles. The summed E-state index contributed by atoms with van der Waals surface area (Å²) in [5, 5.41) is 0.897. The minimum atomic E-state index is 0.000000000000000222. The molecule has 0 aromatic rings. The number of alkyl halides is 1. The van der Waals surface area contributed by atoms with Crippen LogP contribution < -0.4 is 0 Å². The van der Waals surface area contributed by atoms with E-state index < -0.39 is 0 Å². The average molecular weight is 195 g/mol. The average Bonchev–Trinajstić information content (AvgIpc) is 1.86. The molecule has 1 unspecified atom stereocenters. The van der Waals surface area contributed by atoms with Gasteiger partial charge in [0.2, 0.25) is 0 Å². The number of ether oxygens (including phenoxy) is 1. The van der Waals surface area contributed by atoms with E-state index in [0.717, 1.165) is 5.33 Å². The van der Waals surface area contributed by atoms with Crippen molar-refractivity contribution in [2.24, 2.45) is 5.92 Å². The summed E-state index contributed by atoms with van der Waals surface area (Å²) in [5.74, 6) is 0.557. The molecule has 0 N–H and O–H groups in total.